The van der Waals surface area contributed by atoms with Crippen molar-refractivity contribution in [1.29, 1.82) is 0 Å². The molecule has 3 N–H and O–H groups in total. The number of carbonyl (C=O) groups excluding carboxylic acids is 2. The van der Waals surface area contributed by atoms with Gasteiger partial charge in [-0.15, -0.1) is 0 Å². The molecule has 0 heterocycles. The Bertz CT molecular complexity index is 400. The molecule has 0 saturated heterocycles. The molecule has 7 nitrogen and oxygen atoms in total. The van der Waals surface area contributed by atoms with Crippen LogP contribution in [0.1, 0.15) is 97.3 Å². The maximum absolute atomic E-state index is 12.0. The molecule has 0 rings (SSSR count). The first-order chi connectivity index (χ1) is 13.4. The van der Waals surface area contributed by atoms with Gasteiger partial charge in [-0.2, -0.15) is 0 Å². The maximum Gasteiger partial charge on any atom is 0.361 e. The molecular weight excluding hydrogens is 364 g/mol. The molecule has 0 saturated carbocycles. The van der Waals surface area contributed by atoms with E-state index < -0.39 is 36.7 Å². The molecule has 166 valence electrons. The monoisotopic (exact) mass is 404 g/mol. The van der Waals surface area contributed by atoms with Crippen LogP contribution in [-0.2, 0) is 19.4 Å². The molecule has 0 bridgehead atoms. The van der Waals surface area contributed by atoms with E-state index in [4.69, 9.17) is 5.11 Å². The summed E-state index contributed by atoms with van der Waals surface area (Å²) in [5.41, 5.74) is 0. The Morgan fingerprint density at radius 1 is 0.786 bits per heavy atom. The lowest BCUT2D eigenvalue weighted by Gasteiger charge is -2.23. The highest BCUT2D eigenvalue weighted by molar-refractivity contribution is 5.74. The van der Waals surface area contributed by atoms with Crippen molar-refractivity contribution in [2.75, 3.05) is 6.61 Å². The van der Waals surface area contributed by atoms with Crippen molar-refractivity contribution in [1.82, 2.24) is 0 Å². The predicted molar refractivity (Wildman–Crippen MR) is 106 cm³/mol. The highest BCUT2D eigenvalue weighted by Gasteiger charge is 2.33. The molecule has 7 heteroatoms. The van der Waals surface area contributed by atoms with E-state index in [-0.39, 0.29) is 6.42 Å². The third kappa shape index (κ3) is 13.9. The Balaban J connectivity index is 3.98. The molecule has 0 aliphatic rings. The van der Waals surface area contributed by atoms with Gasteiger partial charge in [0.1, 0.15) is 6.10 Å². The zero-order chi connectivity index (χ0) is 21.2. The van der Waals surface area contributed by atoms with Crippen LogP contribution in [0.15, 0.2) is 0 Å². The number of hydrogen-bond donors (Lipinski definition) is 3. The van der Waals surface area contributed by atoms with Crippen molar-refractivity contribution in [3.63, 3.8) is 0 Å². The minimum Gasteiger partial charge on any atom is -0.394 e. The molecule has 0 radical (unpaired) electrons. The van der Waals surface area contributed by atoms with Crippen LogP contribution in [0, 0.1) is 5.92 Å². The van der Waals surface area contributed by atoms with Crippen LogP contribution in [0.3, 0.4) is 0 Å². The van der Waals surface area contributed by atoms with Crippen LogP contribution in [-0.4, -0.2) is 46.1 Å². The van der Waals surface area contributed by atoms with Crippen molar-refractivity contribution in [2.45, 2.75) is 110 Å². The van der Waals surface area contributed by atoms with Gasteiger partial charge in [-0.3, -0.25) is 0 Å². The molecule has 0 spiro atoms. The van der Waals surface area contributed by atoms with E-state index in [1.807, 2.05) is 0 Å². The summed E-state index contributed by atoms with van der Waals surface area (Å²) in [5, 5.41) is 28.6. The predicted octanol–water partition coefficient (Wildman–Crippen LogP) is 3.43. The summed E-state index contributed by atoms with van der Waals surface area (Å²) >= 11 is 0. The first-order valence-corrected chi connectivity index (χ1v) is 10.8. The molecule has 0 aliphatic carbocycles. The van der Waals surface area contributed by atoms with E-state index in [2.05, 4.69) is 16.7 Å². The van der Waals surface area contributed by atoms with Crippen molar-refractivity contribution >= 4 is 11.9 Å². The molecule has 0 aromatic rings. The highest BCUT2D eigenvalue weighted by Crippen LogP contribution is 2.20. The molecular formula is C21H40O7. The largest absolute Gasteiger partial charge is 0.394 e. The van der Waals surface area contributed by atoms with Crippen molar-refractivity contribution in [2.24, 2.45) is 5.92 Å². The lowest BCUT2D eigenvalue weighted by Crippen LogP contribution is -2.40. The van der Waals surface area contributed by atoms with Crippen LogP contribution < -0.4 is 0 Å². The zero-order valence-electron chi connectivity index (χ0n) is 17.6. The fourth-order valence-electron chi connectivity index (χ4n) is 3.17. The quantitative estimate of drug-likeness (QED) is 0.193. The molecule has 0 aromatic heterocycles. The van der Waals surface area contributed by atoms with Crippen LogP contribution in [0.4, 0.5) is 0 Å². The molecule has 3 atom stereocenters. The van der Waals surface area contributed by atoms with E-state index >= 15 is 0 Å². The van der Waals surface area contributed by atoms with Gasteiger partial charge >= 0.3 is 11.9 Å². The number of carbonyl (C=O) groups is 2. The summed E-state index contributed by atoms with van der Waals surface area (Å²) in [4.78, 5) is 31.4. The van der Waals surface area contributed by atoms with Crippen LogP contribution in [0.25, 0.3) is 0 Å². The molecule has 28 heavy (non-hydrogen) atoms. The second-order valence-corrected chi connectivity index (χ2v) is 7.50. The normalized spacial score (nSPS) is 14.3. The first kappa shape index (κ1) is 26.8. The van der Waals surface area contributed by atoms with Gasteiger partial charge in [0.2, 0.25) is 0 Å². The number of rotatable bonds is 17. The lowest BCUT2D eigenvalue weighted by molar-refractivity contribution is -0.263. The van der Waals surface area contributed by atoms with Gasteiger partial charge in [0.25, 0.3) is 0 Å². The van der Waals surface area contributed by atoms with Crippen molar-refractivity contribution in [3.05, 3.63) is 0 Å². The Hall–Kier alpha value is -1.18. The molecule has 0 aliphatic heterocycles. The number of hydrogen-bond acceptors (Lipinski definition) is 7. The molecule has 0 amide bonds. The van der Waals surface area contributed by atoms with Gasteiger partial charge in [0, 0.05) is 6.92 Å². The van der Waals surface area contributed by atoms with Crippen molar-refractivity contribution in [3.8, 4) is 0 Å². The van der Waals surface area contributed by atoms with E-state index in [0.717, 1.165) is 26.2 Å². The summed E-state index contributed by atoms with van der Waals surface area (Å²) in [6, 6.07) is 0. The Morgan fingerprint density at radius 2 is 1.25 bits per heavy atom. The maximum atomic E-state index is 12.0. The Morgan fingerprint density at radius 3 is 1.68 bits per heavy atom. The third-order valence-electron chi connectivity index (χ3n) is 4.91. The summed E-state index contributed by atoms with van der Waals surface area (Å²) in [5.74, 6) is -2.75. The molecule has 3 unspecified atom stereocenters. The smallest absolute Gasteiger partial charge is 0.361 e. The number of aliphatic hydroxyl groups excluding tert-OH is 3. The summed E-state index contributed by atoms with van der Waals surface area (Å²) in [6.07, 6.45) is 11.5. The van der Waals surface area contributed by atoms with Gasteiger partial charge < -0.3 is 15.3 Å². The van der Waals surface area contributed by atoms with Crippen LogP contribution in [0.5, 0.6) is 0 Å². The SMILES string of the molecule is CCCCCCCCCCCCCCC(C(=O)OOC(C)=O)C(O)C(O)CO. The fourth-order valence-corrected chi connectivity index (χ4v) is 3.17. The summed E-state index contributed by atoms with van der Waals surface area (Å²) < 4.78 is 0. The van der Waals surface area contributed by atoms with Crippen LogP contribution >= 0.6 is 0 Å². The van der Waals surface area contributed by atoms with E-state index in [1.165, 1.54) is 51.4 Å². The van der Waals surface area contributed by atoms with Gasteiger partial charge in [-0.25, -0.2) is 19.4 Å². The van der Waals surface area contributed by atoms with Gasteiger partial charge in [-0.05, 0) is 6.42 Å². The number of unbranched alkanes of at least 4 members (excludes halogenated alkanes) is 11. The average Bonchev–Trinajstić information content (AvgIpc) is 2.68. The van der Waals surface area contributed by atoms with Crippen LogP contribution in [0.2, 0.25) is 0 Å². The average molecular weight is 405 g/mol. The van der Waals surface area contributed by atoms with E-state index in [9.17, 15) is 19.8 Å². The number of aliphatic hydroxyl groups is 3. The standard InChI is InChI=1S/C21H40O7/c1-3-4-5-6-7-8-9-10-11-12-13-14-15-18(20(25)19(24)16-22)21(26)28-27-17(2)23/h18-20,22,24-25H,3-16H2,1-2H3. The topological polar surface area (TPSA) is 113 Å². The van der Waals surface area contributed by atoms with Crippen molar-refractivity contribution < 1.29 is 34.7 Å². The van der Waals surface area contributed by atoms with Gasteiger partial charge in [0.15, 0.2) is 0 Å². The first-order valence-electron chi connectivity index (χ1n) is 10.8. The zero-order valence-corrected chi connectivity index (χ0v) is 17.6. The second kappa shape index (κ2) is 17.9. The summed E-state index contributed by atoms with van der Waals surface area (Å²) in [7, 11) is 0. The minimum atomic E-state index is -1.47. The fraction of sp³-hybridized carbons (Fsp3) is 0.905. The van der Waals surface area contributed by atoms with E-state index in [0.29, 0.717) is 6.42 Å². The minimum absolute atomic E-state index is 0.287. The van der Waals surface area contributed by atoms with Gasteiger partial charge in [0.05, 0.1) is 18.6 Å². The Labute approximate surface area is 169 Å². The second-order valence-electron chi connectivity index (χ2n) is 7.50. The molecule has 0 fully saturated rings. The molecule has 0 aromatic carbocycles. The highest BCUT2D eigenvalue weighted by atomic mass is 17.2. The third-order valence-corrected chi connectivity index (χ3v) is 4.91. The van der Waals surface area contributed by atoms with E-state index in [1.54, 1.807) is 0 Å². The summed E-state index contributed by atoms with van der Waals surface area (Å²) in [6.45, 7) is 2.64. The lowest BCUT2D eigenvalue weighted by atomic mass is 9.92. The van der Waals surface area contributed by atoms with Gasteiger partial charge in [-0.1, -0.05) is 84.0 Å². The Kier molecular flexibility index (Phi) is 17.1.